The number of ether oxygens (including phenoxy) is 2. The maximum Gasteiger partial charge on any atom is 0.244 e. The maximum absolute atomic E-state index is 14.4. The fraction of sp³-hybridized carbons (Fsp3) is 0.440. The number of carbonyl (C=O) groups is 2. The summed E-state index contributed by atoms with van der Waals surface area (Å²) < 4.78 is 51.8. The van der Waals surface area contributed by atoms with Crippen LogP contribution in [-0.2, 0) is 26.2 Å². The normalized spacial score (nSPS) is 13.7. The summed E-state index contributed by atoms with van der Waals surface area (Å²) in [6.45, 7) is 5.70. The van der Waals surface area contributed by atoms with Gasteiger partial charge in [-0.2, -0.15) is 0 Å². The van der Waals surface area contributed by atoms with E-state index in [0.29, 0.717) is 31.3 Å². The Labute approximate surface area is 211 Å². The standard InChI is InChI=1S/C25H32FN3O6S/c1-17(2)14-27-25(31)18(3)28(15-19-7-5-6-8-21(19)26)24(30)16-29(36(4,32)33)20-9-10-22-23(13-20)35-12-11-34-22/h5-10,13,17-18H,11-12,14-16H2,1-4H3,(H,27,31)/t18-/m0/s1. The van der Waals surface area contributed by atoms with Crippen molar-refractivity contribution in [2.24, 2.45) is 5.92 Å². The molecule has 1 heterocycles. The second kappa shape index (κ2) is 11.6. The summed E-state index contributed by atoms with van der Waals surface area (Å²) in [5.74, 6) is -0.583. The average molecular weight is 522 g/mol. The number of hydrogen-bond donors (Lipinski definition) is 1. The summed E-state index contributed by atoms with van der Waals surface area (Å²) in [4.78, 5) is 27.5. The molecule has 36 heavy (non-hydrogen) atoms. The highest BCUT2D eigenvalue weighted by molar-refractivity contribution is 7.92. The summed E-state index contributed by atoms with van der Waals surface area (Å²) >= 11 is 0. The van der Waals surface area contributed by atoms with E-state index in [0.717, 1.165) is 10.6 Å². The second-order valence-electron chi connectivity index (χ2n) is 9.03. The van der Waals surface area contributed by atoms with E-state index >= 15 is 0 Å². The van der Waals surface area contributed by atoms with Crippen molar-refractivity contribution in [2.75, 3.05) is 36.9 Å². The van der Waals surface area contributed by atoms with E-state index in [1.54, 1.807) is 12.1 Å². The largest absolute Gasteiger partial charge is 0.486 e. The average Bonchev–Trinajstić information content (AvgIpc) is 2.83. The zero-order valence-corrected chi connectivity index (χ0v) is 21.7. The van der Waals surface area contributed by atoms with Gasteiger partial charge in [0.05, 0.1) is 11.9 Å². The topological polar surface area (TPSA) is 105 Å². The first-order chi connectivity index (χ1) is 17.0. The van der Waals surface area contributed by atoms with Crippen LogP contribution >= 0.6 is 0 Å². The number of nitrogens with zero attached hydrogens (tertiary/aromatic N) is 2. The van der Waals surface area contributed by atoms with Gasteiger partial charge in [-0.25, -0.2) is 12.8 Å². The highest BCUT2D eigenvalue weighted by Crippen LogP contribution is 2.34. The zero-order valence-electron chi connectivity index (χ0n) is 20.9. The van der Waals surface area contributed by atoms with Crippen LogP contribution < -0.4 is 19.1 Å². The lowest BCUT2D eigenvalue weighted by Crippen LogP contribution is -2.51. The SMILES string of the molecule is CC(C)CNC(=O)[C@H](C)N(Cc1ccccc1F)C(=O)CN(c1ccc2c(c1)OCCO2)S(C)(=O)=O. The van der Waals surface area contributed by atoms with Crippen LogP contribution in [0.4, 0.5) is 10.1 Å². The monoisotopic (exact) mass is 521 g/mol. The molecule has 1 aliphatic rings. The molecule has 0 aromatic heterocycles. The number of nitrogens with one attached hydrogen (secondary N) is 1. The molecule has 0 fully saturated rings. The quantitative estimate of drug-likeness (QED) is 0.515. The minimum Gasteiger partial charge on any atom is -0.486 e. The lowest BCUT2D eigenvalue weighted by atomic mass is 10.1. The predicted octanol–water partition coefficient (Wildman–Crippen LogP) is 2.55. The van der Waals surface area contributed by atoms with Gasteiger partial charge in [0.25, 0.3) is 0 Å². The Morgan fingerprint density at radius 3 is 2.36 bits per heavy atom. The van der Waals surface area contributed by atoms with Crippen molar-refractivity contribution in [3.63, 3.8) is 0 Å². The van der Waals surface area contributed by atoms with Crippen molar-refractivity contribution in [3.8, 4) is 11.5 Å². The predicted molar refractivity (Wildman–Crippen MR) is 134 cm³/mol. The molecule has 2 aromatic rings. The summed E-state index contributed by atoms with van der Waals surface area (Å²) in [5.41, 5.74) is 0.414. The summed E-state index contributed by atoms with van der Waals surface area (Å²) in [6.07, 6.45) is 0.983. The number of fused-ring (bicyclic) bond motifs is 1. The van der Waals surface area contributed by atoms with E-state index in [4.69, 9.17) is 9.47 Å². The molecule has 1 aliphatic heterocycles. The molecule has 9 nitrogen and oxygen atoms in total. The van der Waals surface area contributed by atoms with E-state index in [9.17, 15) is 22.4 Å². The highest BCUT2D eigenvalue weighted by Gasteiger charge is 2.31. The minimum atomic E-state index is -3.91. The molecule has 1 N–H and O–H groups in total. The lowest BCUT2D eigenvalue weighted by Gasteiger charge is -2.32. The minimum absolute atomic E-state index is 0.188. The number of hydrogen-bond acceptors (Lipinski definition) is 6. The van der Waals surface area contributed by atoms with Crippen LogP contribution in [0.15, 0.2) is 42.5 Å². The number of carbonyl (C=O) groups excluding carboxylic acids is 2. The third kappa shape index (κ3) is 6.87. The van der Waals surface area contributed by atoms with Gasteiger partial charge in [-0.15, -0.1) is 0 Å². The van der Waals surface area contributed by atoms with Gasteiger partial charge in [-0.1, -0.05) is 32.0 Å². The first kappa shape index (κ1) is 27.3. The number of amides is 2. The highest BCUT2D eigenvalue weighted by atomic mass is 32.2. The Hall–Kier alpha value is -3.34. The van der Waals surface area contributed by atoms with Crippen LogP contribution in [-0.4, -0.2) is 63.7 Å². The fourth-order valence-electron chi connectivity index (χ4n) is 3.65. The number of halogens is 1. The molecule has 2 amide bonds. The van der Waals surface area contributed by atoms with Crippen molar-refractivity contribution < 1.29 is 31.9 Å². The Balaban J connectivity index is 1.91. The summed E-state index contributed by atoms with van der Waals surface area (Å²) in [5, 5.41) is 2.78. The van der Waals surface area contributed by atoms with Crippen molar-refractivity contribution in [1.82, 2.24) is 10.2 Å². The van der Waals surface area contributed by atoms with Gasteiger partial charge >= 0.3 is 0 Å². The van der Waals surface area contributed by atoms with Gasteiger partial charge in [0, 0.05) is 24.7 Å². The first-order valence-electron chi connectivity index (χ1n) is 11.6. The van der Waals surface area contributed by atoms with Gasteiger partial charge in [0.15, 0.2) is 11.5 Å². The molecule has 0 unspecified atom stereocenters. The zero-order chi connectivity index (χ0) is 26.5. The third-order valence-corrected chi connectivity index (χ3v) is 6.78. The smallest absolute Gasteiger partial charge is 0.244 e. The number of sulfonamides is 1. The third-order valence-electron chi connectivity index (χ3n) is 5.64. The molecular weight excluding hydrogens is 489 g/mol. The lowest BCUT2D eigenvalue weighted by molar-refractivity contribution is -0.139. The summed E-state index contributed by atoms with van der Waals surface area (Å²) in [7, 11) is -3.91. The summed E-state index contributed by atoms with van der Waals surface area (Å²) in [6, 6.07) is 9.54. The van der Waals surface area contributed by atoms with Crippen molar-refractivity contribution in [2.45, 2.75) is 33.4 Å². The van der Waals surface area contributed by atoms with Gasteiger partial charge in [-0.05, 0) is 31.0 Å². The Morgan fingerprint density at radius 1 is 1.06 bits per heavy atom. The van der Waals surface area contributed by atoms with Crippen molar-refractivity contribution in [1.29, 1.82) is 0 Å². The van der Waals surface area contributed by atoms with Crippen LogP contribution in [0.5, 0.6) is 11.5 Å². The maximum atomic E-state index is 14.4. The second-order valence-corrected chi connectivity index (χ2v) is 10.9. The van der Waals surface area contributed by atoms with Crippen molar-refractivity contribution in [3.05, 3.63) is 53.8 Å². The number of anilines is 1. The molecule has 0 saturated carbocycles. The van der Waals surface area contributed by atoms with E-state index in [2.05, 4.69) is 5.32 Å². The van der Waals surface area contributed by atoms with Crippen molar-refractivity contribution >= 4 is 27.5 Å². The van der Waals surface area contributed by atoms with Crippen LogP contribution in [0.25, 0.3) is 0 Å². The molecule has 1 atom stereocenters. The molecule has 0 radical (unpaired) electrons. The van der Waals surface area contributed by atoms with E-state index < -0.39 is 40.2 Å². The van der Waals surface area contributed by atoms with Crippen LogP contribution in [0.2, 0.25) is 0 Å². The van der Waals surface area contributed by atoms with Gasteiger partial charge in [0.2, 0.25) is 21.8 Å². The molecule has 0 aliphatic carbocycles. The first-order valence-corrected chi connectivity index (χ1v) is 13.5. The molecule has 2 aromatic carbocycles. The van der Waals surface area contributed by atoms with E-state index in [1.807, 2.05) is 13.8 Å². The Kier molecular flexibility index (Phi) is 8.78. The molecule has 0 spiro atoms. The molecule has 11 heteroatoms. The molecule has 196 valence electrons. The van der Waals surface area contributed by atoms with Crippen LogP contribution in [0.3, 0.4) is 0 Å². The Bertz CT molecular complexity index is 1200. The molecule has 0 saturated heterocycles. The van der Waals surface area contributed by atoms with E-state index in [1.165, 1.54) is 42.2 Å². The molecule has 0 bridgehead atoms. The molecule has 3 rings (SSSR count). The number of benzene rings is 2. The molecular formula is C25H32FN3O6S. The number of rotatable bonds is 10. The van der Waals surface area contributed by atoms with E-state index in [-0.39, 0.29) is 23.7 Å². The Morgan fingerprint density at radius 2 is 1.72 bits per heavy atom. The van der Waals surface area contributed by atoms with Crippen LogP contribution in [0, 0.1) is 11.7 Å². The van der Waals surface area contributed by atoms with Crippen LogP contribution in [0.1, 0.15) is 26.3 Å². The van der Waals surface area contributed by atoms with Gasteiger partial charge in [-0.3, -0.25) is 13.9 Å². The van der Waals surface area contributed by atoms with Gasteiger partial charge in [0.1, 0.15) is 31.6 Å². The fourth-order valence-corrected chi connectivity index (χ4v) is 4.49. The van der Waals surface area contributed by atoms with Gasteiger partial charge < -0.3 is 19.7 Å².